The molecule has 17 heavy (non-hydrogen) atoms. The first-order valence-electron chi connectivity index (χ1n) is 5.05. The number of benzene rings is 1. The van der Waals surface area contributed by atoms with Crippen LogP contribution in [-0.4, -0.2) is 20.9 Å². The normalized spacial score (nSPS) is 10.5. The summed E-state index contributed by atoms with van der Waals surface area (Å²) < 4.78 is 1.56. The molecule has 0 bridgehead atoms. The van der Waals surface area contributed by atoms with E-state index in [0.717, 1.165) is 16.9 Å². The molecule has 2 rings (SSSR count). The van der Waals surface area contributed by atoms with E-state index in [4.69, 9.17) is 16.7 Å². The molecule has 1 aromatic carbocycles. The monoisotopic (exact) mass is 250 g/mol. The maximum atomic E-state index is 10.8. The van der Waals surface area contributed by atoms with Crippen LogP contribution in [0.25, 0.3) is 5.69 Å². The van der Waals surface area contributed by atoms with Crippen molar-refractivity contribution in [2.45, 2.75) is 13.8 Å². The van der Waals surface area contributed by atoms with Gasteiger partial charge in [-0.25, -0.2) is 9.48 Å². The van der Waals surface area contributed by atoms with Crippen molar-refractivity contribution < 1.29 is 9.90 Å². The molecule has 0 spiro atoms. The first kappa shape index (κ1) is 11.7. The second-order valence-electron chi connectivity index (χ2n) is 3.82. The molecule has 0 aliphatic heterocycles. The number of aromatic nitrogens is 2. The number of carboxylic acid groups (broad SMARTS) is 1. The molecule has 0 atom stereocenters. The van der Waals surface area contributed by atoms with Gasteiger partial charge in [-0.05, 0) is 37.6 Å². The predicted molar refractivity (Wildman–Crippen MR) is 65.0 cm³/mol. The van der Waals surface area contributed by atoms with Crippen molar-refractivity contribution in [3.63, 3.8) is 0 Å². The van der Waals surface area contributed by atoms with Gasteiger partial charge in [-0.2, -0.15) is 5.10 Å². The number of carbonyl (C=O) groups is 1. The van der Waals surface area contributed by atoms with Gasteiger partial charge in [0.25, 0.3) is 0 Å². The molecule has 0 saturated heterocycles. The summed E-state index contributed by atoms with van der Waals surface area (Å²) in [4.78, 5) is 10.8. The number of nitrogens with zero attached hydrogens (tertiary/aromatic N) is 2. The molecule has 88 valence electrons. The van der Waals surface area contributed by atoms with Crippen molar-refractivity contribution in [3.05, 3.63) is 46.2 Å². The Kier molecular flexibility index (Phi) is 2.90. The minimum Gasteiger partial charge on any atom is -0.476 e. The number of carboxylic acids is 1. The van der Waals surface area contributed by atoms with E-state index in [9.17, 15) is 4.79 Å². The van der Waals surface area contributed by atoms with Crippen molar-refractivity contribution in [2.75, 3.05) is 0 Å². The molecule has 4 nitrogen and oxygen atoms in total. The minimum absolute atomic E-state index is 0.0270. The Morgan fingerprint density at radius 1 is 1.35 bits per heavy atom. The van der Waals surface area contributed by atoms with Crippen LogP contribution in [0.2, 0.25) is 5.02 Å². The molecular formula is C12H11ClN2O2. The molecule has 1 heterocycles. The Hall–Kier alpha value is -1.81. The van der Waals surface area contributed by atoms with Crippen LogP contribution in [0.3, 0.4) is 0 Å². The minimum atomic E-state index is -1.04. The molecule has 1 aromatic heterocycles. The summed E-state index contributed by atoms with van der Waals surface area (Å²) in [7, 11) is 0. The largest absolute Gasteiger partial charge is 0.476 e. The lowest BCUT2D eigenvalue weighted by atomic mass is 10.2. The van der Waals surface area contributed by atoms with Crippen LogP contribution < -0.4 is 0 Å². The Morgan fingerprint density at radius 2 is 2.06 bits per heavy atom. The molecule has 0 aliphatic carbocycles. The van der Waals surface area contributed by atoms with Crippen LogP contribution in [0.4, 0.5) is 0 Å². The second-order valence-corrected chi connectivity index (χ2v) is 4.23. The van der Waals surface area contributed by atoms with Gasteiger partial charge in [-0.1, -0.05) is 17.7 Å². The van der Waals surface area contributed by atoms with Crippen LogP contribution in [0.15, 0.2) is 24.3 Å². The van der Waals surface area contributed by atoms with Crippen LogP contribution in [0, 0.1) is 13.8 Å². The summed E-state index contributed by atoms with van der Waals surface area (Å²) in [5, 5.41) is 13.5. The molecule has 0 aliphatic rings. The van der Waals surface area contributed by atoms with Crippen LogP contribution in [-0.2, 0) is 0 Å². The number of aryl methyl sites for hydroxylation is 2. The molecule has 0 amide bonds. The van der Waals surface area contributed by atoms with Gasteiger partial charge in [0.1, 0.15) is 0 Å². The zero-order chi connectivity index (χ0) is 12.6. The van der Waals surface area contributed by atoms with Gasteiger partial charge in [0, 0.05) is 10.7 Å². The van der Waals surface area contributed by atoms with E-state index in [2.05, 4.69) is 5.10 Å². The third-order valence-electron chi connectivity index (χ3n) is 2.51. The van der Waals surface area contributed by atoms with E-state index in [-0.39, 0.29) is 5.69 Å². The van der Waals surface area contributed by atoms with Crippen molar-refractivity contribution >= 4 is 17.6 Å². The molecule has 0 unspecified atom stereocenters. The molecule has 0 radical (unpaired) electrons. The van der Waals surface area contributed by atoms with Crippen molar-refractivity contribution in [2.24, 2.45) is 0 Å². The highest BCUT2D eigenvalue weighted by molar-refractivity contribution is 6.31. The summed E-state index contributed by atoms with van der Waals surface area (Å²) in [6.07, 6.45) is 0. The topological polar surface area (TPSA) is 55.1 Å². The Morgan fingerprint density at radius 3 is 2.59 bits per heavy atom. The van der Waals surface area contributed by atoms with Crippen LogP contribution in [0.1, 0.15) is 21.7 Å². The number of hydrogen-bond donors (Lipinski definition) is 1. The highest BCUT2D eigenvalue weighted by Gasteiger charge is 2.12. The fourth-order valence-corrected chi connectivity index (χ4v) is 1.73. The fraction of sp³-hybridized carbons (Fsp3) is 0.167. The lowest BCUT2D eigenvalue weighted by Gasteiger charge is -2.05. The lowest BCUT2D eigenvalue weighted by Crippen LogP contribution is -2.02. The smallest absolute Gasteiger partial charge is 0.356 e. The lowest BCUT2D eigenvalue weighted by molar-refractivity contribution is 0.0690. The standard InChI is InChI=1S/C12H11ClN2O2/c1-7-3-4-9(6-10(7)13)15-8(2)5-11(14-15)12(16)17/h3-6H,1-2H3,(H,16,17). The third kappa shape index (κ3) is 2.17. The molecular weight excluding hydrogens is 240 g/mol. The molecule has 0 fully saturated rings. The first-order valence-corrected chi connectivity index (χ1v) is 5.43. The van der Waals surface area contributed by atoms with Gasteiger partial charge in [0.05, 0.1) is 5.69 Å². The third-order valence-corrected chi connectivity index (χ3v) is 2.91. The summed E-state index contributed by atoms with van der Waals surface area (Å²) in [6.45, 7) is 3.71. The summed E-state index contributed by atoms with van der Waals surface area (Å²) in [5.41, 5.74) is 2.51. The highest BCUT2D eigenvalue weighted by Crippen LogP contribution is 2.20. The van der Waals surface area contributed by atoms with Gasteiger partial charge in [0.15, 0.2) is 5.69 Å². The Labute approximate surface area is 103 Å². The zero-order valence-corrected chi connectivity index (χ0v) is 10.2. The van der Waals surface area contributed by atoms with Gasteiger partial charge < -0.3 is 5.11 Å². The summed E-state index contributed by atoms with van der Waals surface area (Å²) >= 11 is 6.03. The fourth-order valence-electron chi connectivity index (χ4n) is 1.55. The number of rotatable bonds is 2. The van der Waals surface area contributed by atoms with Gasteiger partial charge in [0.2, 0.25) is 0 Å². The summed E-state index contributed by atoms with van der Waals surface area (Å²) in [5.74, 6) is -1.04. The average molecular weight is 251 g/mol. The number of hydrogen-bond acceptors (Lipinski definition) is 2. The van der Waals surface area contributed by atoms with Crippen LogP contribution in [0.5, 0.6) is 0 Å². The Bertz CT molecular complexity index is 590. The maximum absolute atomic E-state index is 10.8. The molecule has 5 heteroatoms. The van der Waals surface area contributed by atoms with Gasteiger partial charge in [-0.15, -0.1) is 0 Å². The van der Waals surface area contributed by atoms with E-state index in [1.165, 1.54) is 6.07 Å². The van der Waals surface area contributed by atoms with E-state index in [0.29, 0.717) is 5.02 Å². The maximum Gasteiger partial charge on any atom is 0.356 e. The van der Waals surface area contributed by atoms with Crippen LogP contribution >= 0.6 is 11.6 Å². The number of aromatic carboxylic acids is 1. The van der Waals surface area contributed by atoms with Gasteiger partial charge in [-0.3, -0.25) is 0 Å². The van der Waals surface area contributed by atoms with Gasteiger partial charge >= 0.3 is 5.97 Å². The quantitative estimate of drug-likeness (QED) is 0.892. The second kappa shape index (κ2) is 4.22. The molecule has 2 aromatic rings. The van der Waals surface area contributed by atoms with E-state index < -0.39 is 5.97 Å². The highest BCUT2D eigenvalue weighted by atomic mass is 35.5. The van der Waals surface area contributed by atoms with E-state index >= 15 is 0 Å². The summed E-state index contributed by atoms with van der Waals surface area (Å²) in [6, 6.07) is 7.02. The average Bonchev–Trinajstić information content (AvgIpc) is 2.65. The van der Waals surface area contributed by atoms with Crippen molar-refractivity contribution in [3.8, 4) is 5.69 Å². The SMILES string of the molecule is Cc1ccc(-n2nc(C(=O)O)cc2C)cc1Cl. The van der Waals surface area contributed by atoms with E-state index in [1.54, 1.807) is 17.7 Å². The Balaban J connectivity index is 2.52. The zero-order valence-electron chi connectivity index (χ0n) is 9.44. The number of halogens is 1. The predicted octanol–water partition coefficient (Wildman–Crippen LogP) is 2.84. The van der Waals surface area contributed by atoms with Crippen molar-refractivity contribution in [1.29, 1.82) is 0 Å². The van der Waals surface area contributed by atoms with Crippen molar-refractivity contribution in [1.82, 2.24) is 9.78 Å². The first-order chi connectivity index (χ1) is 7.99. The molecule has 0 saturated carbocycles. The van der Waals surface area contributed by atoms with E-state index in [1.807, 2.05) is 19.1 Å². The molecule has 1 N–H and O–H groups in total.